The van der Waals surface area contributed by atoms with Gasteiger partial charge in [0.15, 0.2) is 0 Å². The molecule has 16 heavy (non-hydrogen) atoms. The molecule has 0 spiro atoms. The van der Waals surface area contributed by atoms with E-state index in [0.717, 1.165) is 19.3 Å². The Kier molecular flexibility index (Phi) is 3.22. The van der Waals surface area contributed by atoms with Gasteiger partial charge in [-0.15, -0.1) is 0 Å². The van der Waals surface area contributed by atoms with Crippen molar-refractivity contribution in [2.45, 2.75) is 31.2 Å². The van der Waals surface area contributed by atoms with Crippen molar-refractivity contribution >= 4 is 15.9 Å². The van der Waals surface area contributed by atoms with Crippen molar-refractivity contribution in [3.63, 3.8) is 0 Å². The summed E-state index contributed by atoms with van der Waals surface area (Å²) >= 11 is 3.18. The zero-order valence-electron chi connectivity index (χ0n) is 9.22. The number of benzene rings is 1. The molecule has 2 N–H and O–H groups in total. The van der Waals surface area contributed by atoms with Crippen molar-refractivity contribution < 1.29 is 9.13 Å². The van der Waals surface area contributed by atoms with Gasteiger partial charge in [0, 0.05) is 11.1 Å². The Morgan fingerprint density at radius 1 is 1.50 bits per heavy atom. The zero-order valence-corrected chi connectivity index (χ0v) is 10.8. The fraction of sp³-hybridized carbons (Fsp3) is 0.500. The number of hydrogen-bond donors (Lipinski definition) is 1. The van der Waals surface area contributed by atoms with Crippen LogP contribution in [0.25, 0.3) is 0 Å². The smallest absolute Gasteiger partial charge is 0.144 e. The summed E-state index contributed by atoms with van der Waals surface area (Å²) in [6, 6.07) is 3.44. The molecule has 0 atom stereocenters. The lowest BCUT2D eigenvalue weighted by atomic mass is 10.0. The molecule has 1 aliphatic carbocycles. The predicted octanol–water partition coefficient (Wildman–Crippen LogP) is 3.02. The van der Waals surface area contributed by atoms with Crippen LogP contribution in [0, 0.1) is 5.82 Å². The van der Waals surface area contributed by atoms with Crippen LogP contribution in [0.5, 0.6) is 5.75 Å². The standard InChI is InChI=1S/C12H15BrFNO/c1-16-10-3-2-9(13)11(14)8(10)4-5-12(15)6-7-12/h2-3H,4-7,15H2,1H3. The van der Waals surface area contributed by atoms with Crippen LogP contribution < -0.4 is 10.5 Å². The van der Waals surface area contributed by atoms with Crippen molar-refractivity contribution in [1.82, 2.24) is 0 Å². The highest BCUT2D eigenvalue weighted by molar-refractivity contribution is 9.10. The maximum Gasteiger partial charge on any atom is 0.144 e. The molecular weight excluding hydrogens is 273 g/mol. The van der Waals surface area contributed by atoms with Crippen LogP contribution in [0.15, 0.2) is 16.6 Å². The first-order chi connectivity index (χ1) is 7.56. The molecule has 1 aliphatic rings. The fourth-order valence-corrected chi connectivity index (χ4v) is 2.16. The zero-order chi connectivity index (χ0) is 11.8. The third-order valence-electron chi connectivity index (χ3n) is 3.14. The van der Waals surface area contributed by atoms with Crippen LogP contribution in [0.3, 0.4) is 0 Å². The Balaban J connectivity index is 2.19. The topological polar surface area (TPSA) is 35.2 Å². The average Bonchev–Trinajstić information content (AvgIpc) is 2.99. The minimum Gasteiger partial charge on any atom is -0.496 e. The summed E-state index contributed by atoms with van der Waals surface area (Å²) in [5, 5.41) is 0. The summed E-state index contributed by atoms with van der Waals surface area (Å²) in [7, 11) is 1.56. The number of ether oxygens (including phenoxy) is 1. The van der Waals surface area contributed by atoms with Crippen LogP contribution in [-0.4, -0.2) is 12.6 Å². The highest BCUT2D eigenvalue weighted by Crippen LogP contribution is 2.38. The van der Waals surface area contributed by atoms with Gasteiger partial charge in [-0.25, -0.2) is 4.39 Å². The molecule has 0 bridgehead atoms. The molecule has 88 valence electrons. The SMILES string of the molecule is COc1ccc(Br)c(F)c1CCC1(N)CC1. The largest absolute Gasteiger partial charge is 0.496 e. The van der Waals surface area contributed by atoms with Crippen LogP contribution in [0.2, 0.25) is 0 Å². The average molecular weight is 288 g/mol. The number of nitrogens with two attached hydrogens (primary N) is 1. The highest BCUT2D eigenvalue weighted by Gasteiger charge is 2.37. The van der Waals surface area contributed by atoms with Gasteiger partial charge >= 0.3 is 0 Å². The molecule has 0 aromatic heterocycles. The molecule has 1 aromatic carbocycles. The van der Waals surface area contributed by atoms with Gasteiger partial charge in [-0.2, -0.15) is 0 Å². The van der Waals surface area contributed by atoms with E-state index in [4.69, 9.17) is 10.5 Å². The minimum absolute atomic E-state index is 0.0558. The van der Waals surface area contributed by atoms with E-state index >= 15 is 0 Å². The first-order valence-electron chi connectivity index (χ1n) is 5.35. The maximum absolute atomic E-state index is 13.9. The second-order valence-electron chi connectivity index (χ2n) is 4.40. The Bertz CT molecular complexity index is 404. The Labute approximate surface area is 103 Å². The lowest BCUT2D eigenvalue weighted by molar-refractivity contribution is 0.401. The van der Waals surface area contributed by atoms with Crippen molar-refractivity contribution in [3.8, 4) is 5.75 Å². The van der Waals surface area contributed by atoms with Gasteiger partial charge in [-0.05, 0) is 53.7 Å². The second-order valence-corrected chi connectivity index (χ2v) is 5.26. The molecule has 0 heterocycles. The third-order valence-corrected chi connectivity index (χ3v) is 3.75. The molecule has 0 unspecified atom stereocenters. The molecule has 2 nitrogen and oxygen atoms in total. The Morgan fingerprint density at radius 3 is 2.75 bits per heavy atom. The Hall–Kier alpha value is -0.610. The van der Waals surface area contributed by atoms with Crippen molar-refractivity contribution in [2.75, 3.05) is 7.11 Å². The fourth-order valence-electron chi connectivity index (χ4n) is 1.78. The molecule has 1 aromatic rings. The first kappa shape index (κ1) is 11.9. The van der Waals surface area contributed by atoms with E-state index < -0.39 is 0 Å². The lowest BCUT2D eigenvalue weighted by Gasteiger charge is -2.13. The molecule has 1 saturated carbocycles. The van der Waals surface area contributed by atoms with Crippen molar-refractivity contribution in [1.29, 1.82) is 0 Å². The van der Waals surface area contributed by atoms with Gasteiger partial charge in [0.05, 0.1) is 11.6 Å². The van der Waals surface area contributed by atoms with Crippen LogP contribution >= 0.6 is 15.9 Å². The van der Waals surface area contributed by atoms with Crippen LogP contribution in [0.4, 0.5) is 4.39 Å². The molecule has 1 fully saturated rings. The third kappa shape index (κ3) is 2.38. The van der Waals surface area contributed by atoms with E-state index in [0.29, 0.717) is 22.2 Å². The second kappa shape index (κ2) is 4.34. The number of methoxy groups -OCH3 is 1. The summed E-state index contributed by atoms with van der Waals surface area (Å²) in [4.78, 5) is 0. The van der Waals surface area contributed by atoms with Gasteiger partial charge < -0.3 is 10.5 Å². The van der Waals surface area contributed by atoms with E-state index in [1.165, 1.54) is 0 Å². The van der Waals surface area contributed by atoms with E-state index in [1.54, 1.807) is 19.2 Å². The number of hydrogen-bond acceptors (Lipinski definition) is 2. The molecule has 0 radical (unpaired) electrons. The van der Waals surface area contributed by atoms with E-state index in [-0.39, 0.29) is 11.4 Å². The summed E-state index contributed by atoms with van der Waals surface area (Å²) < 4.78 is 19.5. The summed E-state index contributed by atoms with van der Waals surface area (Å²) in [5.74, 6) is 0.369. The van der Waals surface area contributed by atoms with Gasteiger partial charge in [-0.3, -0.25) is 0 Å². The molecular formula is C12H15BrFNO. The normalized spacial score (nSPS) is 17.2. The maximum atomic E-state index is 13.9. The number of rotatable bonds is 4. The molecule has 0 amide bonds. The molecule has 4 heteroatoms. The predicted molar refractivity (Wildman–Crippen MR) is 65.1 cm³/mol. The van der Waals surface area contributed by atoms with E-state index in [2.05, 4.69) is 15.9 Å². The molecule has 0 aliphatic heterocycles. The van der Waals surface area contributed by atoms with Gasteiger partial charge in [0.1, 0.15) is 11.6 Å². The van der Waals surface area contributed by atoms with E-state index in [1.807, 2.05) is 0 Å². The number of halogens is 2. The summed E-state index contributed by atoms with van der Waals surface area (Å²) in [6.07, 6.45) is 3.54. The van der Waals surface area contributed by atoms with Gasteiger partial charge in [-0.1, -0.05) is 0 Å². The Morgan fingerprint density at radius 2 is 2.19 bits per heavy atom. The summed E-state index contributed by atoms with van der Waals surface area (Å²) in [6.45, 7) is 0. The minimum atomic E-state index is -0.233. The lowest BCUT2D eigenvalue weighted by Crippen LogP contribution is -2.22. The monoisotopic (exact) mass is 287 g/mol. The van der Waals surface area contributed by atoms with E-state index in [9.17, 15) is 4.39 Å². The van der Waals surface area contributed by atoms with Gasteiger partial charge in [0.25, 0.3) is 0 Å². The highest BCUT2D eigenvalue weighted by atomic mass is 79.9. The van der Waals surface area contributed by atoms with Crippen LogP contribution in [-0.2, 0) is 6.42 Å². The van der Waals surface area contributed by atoms with Crippen molar-refractivity contribution in [2.24, 2.45) is 5.73 Å². The molecule has 0 saturated heterocycles. The summed E-state index contributed by atoms with van der Waals surface area (Å²) in [5.41, 5.74) is 6.56. The quantitative estimate of drug-likeness (QED) is 0.924. The van der Waals surface area contributed by atoms with Crippen LogP contribution in [0.1, 0.15) is 24.8 Å². The van der Waals surface area contributed by atoms with Crippen molar-refractivity contribution in [3.05, 3.63) is 28.0 Å². The first-order valence-corrected chi connectivity index (χ1v) is 6.15. The molecule has 2 rings (SSSR count). The van der Waals surface area contributed by atoms with Gasteiger partial charge in [0.2, 0.25) is 0 Å².